The molecule has 2 aliphatic rings. The van der Waals surface area contributed by atoms with Crippen LogP contribution < -0.4 is 5.32 Å². The van der Waals surface area contributed by atoms with E-state index in [1.54, 1.807) is 11.9 Å². The molecule has 0 aliphatic heterocycles. The van der Waals surface area contributed by atoms with Gasteiger partial charge in [-0.3, -0.25) is 0 Å². The van der Waals surface area contributed by atoms with Crippen LogP contribution in [0.4, 0.5) is 4.79 Å². The molecule has 2 rings (SSSR count). The van der Waals surface area contributed by atoms with Gasteiger partial charge in [-0.25, -0.2) is 9.59 Å². The lowest BCUT2D eigenvalue weighted by Crippen LogP contribution is -2.60. The molecule has 0 saturated heterocycles. The molecule has 2 amide bonds. The zero-order chi connectivity index (χ0) is 14.9. The van der Waals surface area contributed by atoms with Crippen LogP contribution in [0.5, 0.6) is 0 Å². The number of hydrogen-bond donors (Lipinski definition) is 2. The van der Waals surface area contributed by atoms with Crippen molar-refractivity contribution in [2.75, 3.05) is 7.05 Å². The van der Waals surface area contributed by atoms with Gasteiger partial charge < -0.3 is 15.3 Å². The van der Waals surface area contributed by atoms with Crippen LogP contribution in [-0.4, -0.2) is 40.6 Å². The van der Waals surface area contributed by atoms with E-state index in [1.807, 2.05) is 6.92 Å². The summed E-state index contributed by atoms with van der Waals surface area (Å²) in [6.45, 7) is 4.09. The SMILES string of the molecule is CC1CCCC(NC(=O)N(C)C(C)C2CC2)(C(=O)O)C1. The Morgan fingerprint density at radius 2 is 2.00 bits per heavy atom. The Morgan fingerprint density at radius 3 is 2.50 bits per heavy atom. The number of amides is 2. The summed E-state index contributed by atoms with van der Waals surface area (Å²) in [5, 5.41) is 12.4. The predicted octanol–water partition coefficient (Wildman–Crippen LogP) is 2.46. The van der Waals surface area contributed by atoms with Gasteiger partial charge in [0.1, 0.15) is 5.54 Å². The molecule has 0 spiro atoms. The Bertz CT molecular complexity index is 395. The molecule has 0 aromatic heterocycles. The van der Waals surface area contributed by atoms with Gasteiger partial charge in [0.25, 0.3) is 0 Å². The number of urea groups is 1. The summed E-state index contributed by atoms with van der Waals surface area (Å²) in [6, 6.07) is -0.0669. The molecule has 0 bridgehead atoms. The first-order valence-electron chi connectivity index (χ1n) is 7.64. The average Bonchev–Trinajstić information content (AvgIpc) is 3.21. The minimum atomic E-state index is -1.08. The van der Waals surface area contributed by atoms with Gasteiger partial charge in [-0.2, -0.15) is 0 Å². The van der Waals surface area contributed by atoms with Crippen molar-refractivity contribution >= 4 is 12.0 Å². The topological polar surface area (TPSA) is 69.6 Å². The van der Waals surface area contributed by atoms with Gasteiger partial charge in [0.2, 0.25) is 0 Å². The summed E-state index contributed by atoms with van der Waals surface area (Å²) in [4.78, 5) is 25.7. The number of carboxylic acids is 1. The molecule has 0 heterocycles. The van der Waals surface area contributed by atoms with Gasteiger partial charge in [0, 0.05) is 13.1 Å². The van der Waals surface area contributed by atoms with Crippen molar-refractivity contribution in [1.29, 1.82) is 0 Å². The summed E-state index contributed by atoms with van der Waals surface area (Å²) in [5.74, 6) is 0.0213. The Kier molecular flexibility index (Phi) is 4.25. The summed E-state index contributed by atoms with van der Waals surface area (Å²) >= 11 is 0. The number of carbonyl (C=O) groups is 2. The van der Waals surface area contributed by atoms with Gasteiger partial charge >= 0.3 is 12.0 Å². The monoisotopic (exact) mass is 282 g/mol. The minimum absolute atomic E-state index is 0.182. The van der Waals surface area contributed by atoms with Crippen molar-refractivity contribution in [1.82, 2.24) is 10.2 Å². The zero-order valence-corrected chi connectivity index (χ0v) is 12.7. The summed E-state index contributed by atoms with van der Waals surface area (Å²) < 4.78 is 0. The molecule has 20 heavy (non-hydrogen) atoms. The number of rotatable bonds is 4. The molecule has 5 heteroatoms. The van der Waals surface area contributed by atoms with E-state index < -0.39 is 11.5 Å². The van der Waals surface area contributed by atoms with E-state index in [1.165, 1.54) is 12.8 Å². The van der Waals surface area contributed by atoms with Gasteiger partial charge in [-0.05, 0) is 44.4 Å². The summed E-state index contributed by atoms with van der Waals surface area (Å²) in [5.41, 5.74) is -1.08. The van der Waals surface area contributed by atoms with E-state index in [0.717, 1.165) is 12.8 Å². The fourth-order valence-corrected chi connectivity index (χ4v) is 3.29. The van der Waals surface area contributed by atoms with Gasteiger partial charge in [0.05, 0.1) is 0 Å². The number of carboxylic acid groups (broad SMARTS) is 1. The highest BCUT2D eigenvalue weighted by Crippen LogP contribution is 2.36. The summed E-state index contributed by atoms with van der Waals surface area (Å²) in [6.07, 6.45) is 5.29. The van der Waals surface area contributed by atoms with Crippen LogP contribution in [0.3, 0.4) is 0 Å². The Morgan fingerprint density at radius 1 is 1.35 bits per heavy atom. The molecule has 3 atom stereocenters. The normalized spacial score (nSPS) is 31.4. The first-order chi connectivity index (χ1) is 9.35. The molecule has 0 aromatic carbocycles. The second-order valence-corrected chi connectivity index (χ2v) is 6.71. The van der Waals surface area contributed by atoms with Crippen LogP contribution in [0.2, 0.25) is 0 Å². The molecular weight excluding hydrogens is 256 g/mol. The smallest absolute Gasteiger partial charge is 0.329 e. The van der Waals surface area contributed by atoms with E-state index in [0.29, 0.717) is 24.7 Å². The quantitative estimate of drug-likeness (QED) is 0.832. The maximum atomic E-state index is 12.4. The highest BCUT2D eigenvalue weighted by molar-refractivity contribution is 5.86. The van der Waals surface area contributed by atoms with E-state index in [-0.39, 0.29) is 12.1 Å². The molecule has 0 aromatic rings. The first kappa shape index (κ1) is 15.1. The number of nitrogens with one attached hydrogen (secondary N) is 1. The molecule has 2 aliphatic carbocycles. The Balaban J connectivity index is 2.03. The van der Waals surface area contributed by atoms with Gasteiger partial charge in [0.15, 0.2) is 0 Å². The molecule has 5 nitrogen and oxygen atoms in total. The third kappa shape index (κ3) is 3.07. The van der Waals surface area contributed by atoms with E-state index in [2.05, 4.69) is 12.2 Å². The number of aliphatic carboxylic acids is 1. The van der Waals surface area contributed by atoms with Crippen molar-refractivity contribution in [3.05, 3.63) is 0 Å². The average molecular weight is 282 g/mol. The molecule has 114 valence electrons. The van der Waals surface area contributed by atoms with E-state index in [9.17, 15) is 14.7 Å². The highest BCUT2D eigenvalue weighted by Gasteiger charge is 2.44. The lowest BCUT2D eigenvalue weighted by Gasteiger charge is -2.39. The summed E-state index contributed by atoms with van der Waals surface area (Å²) in [7, 11) is 1.76. The third-order valence-corrected chi connectivity index (χ3v) is 4.99. The molecule has 2 N–H and O–H groups in total. The Hall–Kier alpha value is -1.26. The Labute approximate surface area is 120 Å². The van der Waals surface area contributed by atoms with Crippen LogP contribution in [0.15, 0.2) is 0 Å². The highest BCUT2D eigenvalue weighted by atomic mass is 16.4. The number of carbonyl (C=O) groups excluding carboxylic acids is 1. The van der Waals surface area contributed by atoms with Crippen LogP contribution in [0, 0.1) is 11.8 Å². The van der Waals surface area contributed by atoms with E-state index in [4.69, 9.17) is 0 Å². The van der Waals surface area contributed by atoms with Crippen molar-refractivity contribution in [2.24, 2.45) is 11.8 Å². The fraction of sp³-hybridized carbons (Fsp3) is 0.867. The molecule has 2 fully saturated rings. The standard InChI is InChI=1S/C15H26N2O3/c1-10-5-4-8-15(9-10,13(18)19)16-14(20)17(3)11(2)12-6-7-12/h10-12H,4-9H2,1-3H3,(H,16,20)(H,18,19). The number of nitrogens with zero attached hydrogens (tertiary/aromatic N) is 1. The van der Waals surface area contributed by atoms with E-state index >= 15 is 0 Å². The number of hydrogen-bond acceptors (Lipinski definition) is 2. The second kappa shape index (κ2) is 5.62. The lowest BCUT2D eigenvalue weighted by molar-refractivity contribution is -0.146. The van der Waals surface area contributed by atoms with Gasteiger partial charge in [-0.15, -0.1) is 0 Å². The molecule has 0 radical (unpaired) electrons. The van der Waals surface area contributed by atoms with Crippen LogP contribution in [0.25, 0.3) is 0 Å². The van der Waals surface area contributed by atoms with Crippen LogP contribution in [0.1, 0.15) is 52.4 Å². The van der Waals surface area contributed by atoms with Crippen molar-refractivity contribution in [3.8, 4) is 0 Å². The maximum Gasteiger partial charge on any atom is 0.329 e. The third-order valence-electron chi connectivity index (χ3n) is 4.99. The van der Waals surface area contributed by atoms with Crippen LogP contribution >= 0.6 is 0 Å². The fourth-order valence-electron chi connectivity index (χ4n) is 3.29. The van der Waals surface area contributed by atoms with Gasteiger partial charge in [-0.1, -0.05) is 19.8 Å². The molecule has 3 unspecified atom stereocenters. The first-order valence-corrected chi connectivity index (χ1v) is 7.64. The largest absolute Gasteiger partial charge is 0.480 e. The minimum Gasteiger partial charge on any atom is -0.480 e. The van der Waals surface area contributed by atoms with Crippen molar-refractivity contribution in [2.45, 2.75) is 64.0 Å². The second-order valence-electron chi connectivity index (χ2n) is 6.71. The van der Waals surface area contributed by atoms with Crippen molar-refractivity contribution < 1.29 is 14.7 Å². The van der Waals surface area contributed by atoms with Crippen LogP contribution in [-0.2, 0) is 4.79 Å². The molecule has 2 saturated carbocycles. The predicted molar refractivity (Wildman–Crippen MR) is 76.5 cm³/mol. The maximum absolute atomic E-state index is 12.4. The zero-order valence-electron chi connectivity index (χ0n) is 12.7. The van der Waals surface area contributed by atoms with Crippen molar-refractivity contribution in [3.63, 3.8) is 0 Å². The molecular formula is C15H26N2O3. The lowest BCUT2D eigenvalue weighted by atomic mass is 9.76.